The van der Waals surface area contributed by atoms with Crippen LogP contribution in [0.3, 0.4) is 0 Å². The first kappa shape index (κ1) is 13.4. The first-order chi connectivity index (χ1) is 9.65. The van der Waals surface area contributed by atoms with Gasteiger partial charge in [-0.3, -0.25) is 4.79 Å². The largest absolute Gasteiger partial charge is 0.350 e. The summed E-state index contributed by atoms with van der Waals surface area (Å²) in [7, 11) is 0. The first-order valence-electron chi connectivity index (χ1n) is 6.33. The van der Waals surface area contributed by atoms with Crippen molar-refractivity contribution in [1.82, 2.24) is 10.3 Å². The molecular formula is C15H12Cl2N2O. The average Bonchev–Trinajstić information content (AvgIpc) is 2.42. The van der Waals surface area contributed by atoms with Gasteiger partial charge < -0.3 is 5.32 Å². The number of nitrogens with one attached hydrogen (secondary N) is 1. The van der Waals surface area contributed by atoms with Crippen LogP contribution in [0.25, 0.3) is 0 Å². The Hall–Kier alpha value is -1.58. The van der Waals surface area contributed by atoms with Crippen molar-refractivity contribution >= 4 is 29.1 Å². The number of carbonyl (C=O) groups excluding carboxylic acids is 1. The average molecular weight is 307 g/mol. The molecule has 1 unspecified atom stereocenters. The number of nitrogens with zero attached hydrogens (tertiary/aromatic N) is 1. The maximum Gasteiger partial charge on any atom is 0.271 e. The van der Waals surface area contributed by atoms with Crippen molar-refractivity contribution in [3.63, 3.8) is 0 Å². The summed E-state index contributed by atoms with van der Waals surface area (Å²) in [6, 6.07) is 11.4. The summed E-state index contributed by atoms with van der Waals surface area (Å²) >= 11 is 11.7. The number of hydrogen-bond donors (Lipinski definition) is 1. The van der Waals surface area contributed by atoms with Gasteiger partial charge >= 0.3 is 0 Å². The molecular weight excluding hydrogens is 295 g/mol. The smallest absolute Gasteiger partial charge is 0.271 e. The second kappa shape index (κ2) is 5.43. The number of rotatable bonds is 3. The molecule has 0 fully saturated rings. The zero-order valence-electron chi connectivity index (χ0n) is 10.6. The molecule has 0 radical (unpaired) electrons. The minimum absolute atomic E-state index is 0.173. The van der Waals surface area contributed by atoms with Crippen LogP contribution in [0.1, 0.15) is 27.5 Å². The summed E-state index contributed by atoms with van der Waals surface area (Å²) < 4.78 is 0. The molecule has 1 amide bonds. The predicted molar refractivity (Wildman–Crippen MR) is 79.5 cm³/mol. The van der Waals surface area contributed by atoms with Crippen LogP contribution in [0, 0.1) is 0 Å². The molecule has 1 heterocycles. The van der Waals surface area contributed by atoms with Crippen LogP contribution < -0.4 is 5.32 Å². The maximum atomic E-state index is 12.1. The molecule has 1 aliphatic rings. The number of fused-ring (bicyclic) bond motifs is 1. The van der Waals surface area contributed by atoms with E-state index >= 15 is 0 Å². The minimum atomic E-state index is -0.290. The van der Waals surface area contributed by atoms with E-state index in [-0.39, 0.29) is 16.8 Å². The van der Waals surface area contributed by atoms with E-state index in [0.29, 0.717) is 17.5 Å². The molecule has 3 nitrogen and oxygen atoms in total. The Morgan fingerprint density at radius 2 is 2.05 bits per heavy atom. The predicted octanol–water partition coefficient (Wildman–Crippen LogP) is 3.46. The van der Waals surface area contributed by atoms with Gasteiger partial charge in [-0.15, -0.1) is 0 Å². The molecule has 3 rings (SSSR count). The molecule has 102 valence electrons. The molecule has 1 aliphatic carbocycles. The van der Waals surface area contributed by atoms with Crippen molar-refractivity contribution in [3.05, 3.63) is 63.4 Å². The third kappa shape index (κ3) is 2.51. The van der Waals surface area contributed by atoms with Crippen LogP contribution in [0.2, 0.25) is 10.2 Å². The van der Waals surface area contributed by atoms with E-state index < -0.39 is 0 Å². The van der Waals surface area contributed by atoms with Crippen LogP contribution in [-0.2, 0) is 6.42 Å². The number of benzene rings is 1. The zero-order chi connectivity index (χ0) is 14.1. The van der Waals surface area contributed by atoms with Crippen LogP contribution in [0.5, 0.6) is 0 Å². The molecule has 0 saturated heterocycles. The summed E-state index contributed by atoms with van der Waals surface area (Å²) in [5, 5.41) is 3.43. The molecule has 0 spiro atoms. The number of amides is 1. The van der Waals surface area contributed by atoms with Gasteiger partial charge in [0.1, 0.15) is 10.8 Å². The Labute approximate surface area is 126 Å². The van der Waals surface area contributed by atoms with Gasteiger partial charge in [0.25, 0.3) is 5.91 Å². The van der Waals surface area contributed by atoms with Crippen molar-refractivity contribution in [2.24, 2.45) is 0 Å². The Morgan fingerprint density at radius 3 is 2.85 bits per heavy atom. The molecule has 2 aromatic rings. The summed E-state index contributed by atoms with van der Waals surface area (Å²) in [5.74, 6) is 0.0787. The summed E-state index contributed by atoms with van der Waals surface area (Å²) in [4.78, 5) is 16.0. The van der Waals surface area contributed by atoms with Crippen molar-refractivity contribution in [3.8, 4) is 0 Å². The number of halogens is 2. The highest BCUT2D eigenvalue weighted by atomic mass is 35.5. The fraction of sp³-hybridized carbons (Fsp3) is 0.200. The number of aromatic nitrogens is 1. The molecule has 0 saturated carbocycles. The van der Waals surface area contributed by atoms with Gasteiger partial charge in [-0.05, 0) is 29.7 Å². The van der Waals surface area contributed by atoms with E-state index in [9.17, 15) is 4.79 Å². The van der Waals surface area contributed by atoms with E-state index in [1.165, 1.54) is 11.1 Å². The molecule has 20 heavy (non-hydrogen) atoms. The Bertz CT molecular complexity index is 673. The molecule has 1 aromatic carbocycles. The van der Waals surface area contributed by atoms with Crippen LogP contribution in [0.4, 0.5) is 0 Å². The quantitative estimate of drug-likeness (QED) is 0.882. The minimum Gasteiger partial charge on any atom is -0.350 e. The lowest BCUT2D eigenvalue weighted by atomic mass is 9.77. The monoisotopic (exact) mass is 306 g/mol. The van der Waals surface area contributed by atoms with Gasteiger partial charge in [-0.25, -0.2) is 4.98 Å². The zero-order valence-corrected chi connectivity index (χ0v) is 12.1. The van der Waals surface area contributed by atoms with Gasteiger partial charge in [0.2, 0.25) is 0 Å². The van der Waals surface area contributed by atoms with Crippen molar-refractivity contribution < 1.29 is 4.79 Å². The topological polar surface area (TPSA) is 42.0 Å². The fourth-order valence-electron chi connectivity index (χ4n) is 2.42. The van der Waals surface area contributed by atoms with Crippen molar-refractivity contribution in [1.29, 1.82) is 0 Å². The fourth-order valence-corrected chi connectivity index (χ4v) is 2.76. The van der Waals surface area contributed by atoms with Gasteiger partial charge in [0.05, 0.1) is 5.02 Å². The summed E-state index contributed by atoms with van der Waals surface area (Å²) in [5.41, 5.74) is 2.83. The SMILES string of the molecule is O=C(NCC1Cc2ccccc21)c1nc(Cl)ccc1Cl. The third-order valence-corrected chi connectivity index (χ3v) is 4.01. The van der Waals surface area contributed by atoms with E-state index in [0.717, 1.165) is 6.42 Å². The lowest BCUT2D eigenvalue weighted by molar-refractivity contribution is 0.0945. The van der Waals surface area contributed by atoms with Gasteiger partial charge in [-0.1, -0.05) is 47.5 Å². The second-order valence-electron chi connectivity index (χ2n) is 4.77. The third-order valence-electron chi connectivity index (χ3n) is 3.50. The van der Waals surface area contributed by atoms with E-state index in [2.05, 4.69) is 22.4 Å². The van der Waals surface area contributed by atoms with Crippen LogP contribution in [0.15, 0.2) is 36.4 Å². The molecule has 1 N–H and O–H groups in total. The highest BCUT2D eigenvalue weighted by Crippen LogP contribution is 2.34. The van der Waals surface area contributed by atoms with Crippen LogP contribution >= 0.6 is 23.2 Å². The molecule has 0 aliphatic heterocycles. The number of hydrogen-bond acceptors (Lipinski definition) is 2. The lowest BCUT2D eigenvalue weighted by Crippen LogP contribution is -2.33. The van der Waals surface area contributed by atoms with Gasteiger partial charge in [0, 0.05) is 12.5 Å². The van der Waals surface area contributed by atoms with Gasteiger partial charge in [0.15, 0.2) is 0 Å². The molecule has 1 atom stereocenters. The van der Waals surface area contributed by atoms with Crippen molar-refractivity contribution in [2.45, 2.75) is 12.3 Å². The standard InChI is InChI=1S/C15H12Cl2N2O/c16-12-5-6-13(17)19-14(12)15(20)18-8-10-7-9-3-1-2-4-11(9)10/h1-6,10H,7-8H2,(H,18,20). The summed E-state index contributed by atoms with van der Waals surface area (Å²) in [6.07, 6.45) is 0.993. The Morgan fingerprint density at radius 1 is 1.25 bits per heavy atom. The van der Waals surface area contributed by atoms with E-state index in [1.54, 1.807) is 12.1 Å². The Kier molecular flexibility index (Phi) is 3.64. The molecule has 1 aromatic heterocycles. The first-order valence-corrected chi connectivity index (χ1v) is 7.09. The number of carbonyl (C=O) groups is 1. The van der Waals surface area contributed by atoms with Crippen molar-refractivity contribution in [2.75, 3.05) is 6.54 Å². The highest BCUT2D eigenvalue weighted by Gasteiger charge is 2.26. The highest BCUT2D eigenvalue weighted by molar-refractivity contribution is 6.34. The van der Waals surface area contributed by atoms with Gasteiger partial charge in [-0.2, -0.15) is 0 Å². The van der Waals surface area contributed by atoms with E-state index in [1.807, 2.05) is 12.1 Å². The Balaban J connectivity index is 1.65. The second-order valence-corrected chi connectivity index (χ2v) is 5.57. The van der Waals surface area contributed by atoms with E-state index in [4.69, 9.17) is 23.2 Å². The maximum absolute atomic E-state index is 12.1. The van der Waals surface area contributed by atoms with Crippen LogP contribution in [-0.4, -0.2) is 17.4 Å². The summed E-state index contributed by atoms with van der Waals surface area (Å²) in [6.45, 7) is 0.584. The normalized spacial score (nSPS) is 16.2. The molecule has 5 heteroatoms. The lowest BCUT2D eigenvalue weighted by Gasteiger charge is -2.30. The molecule has 0 bridgehead atoms. The number of pyridine rings is 1.